The summed E-state index contributed by atoms with van der Waals surface area (Å²) in [6, 6.07) is 14.3. The van der Waals surface area contributed by atoms with E-state index in [2.05, 4.69) is 23.2 Å². The number of hydrogen-bond donors (Lipinski definition) is 0. The molecule has 1 aliphatic carbocycles. The van der Waals surface area contributed by atoms with Gasteiger partial charge in [-0.1, -0.05) is 30.3 Å². The minimum Gasteiger partial charge on any atom is -0.338 e. The van der Waals surface area contributed by atoms with Crippen LogP contribution in [0.15, 0.2) is 48.7 Å². The van der Waals surface area contributed by atoms with Crippen molar-refractivity contribution in [1.82, 2.24) is 9.88 Å². The lowest BCUT2D eigenvalue weighted by Gasteiger charge is -2.25. The standard InChI is InChI=1S/C17H18N2O/c1-19(17(20)12-14-7-4-5-11-18-14)16-10-9-13-6-2-3-8-15(13)16/h2-8,11,16H,9-10,12H2,1H3. The molecule has 1 aromatic carbocycles. The SMILES string of the molecule is CN(C(=O)Cc1ccccn1)C1CCc2ccccc21. The molecule has 0 fully saturated rings. The van der Waals surface area contributed by atoms with Crippen LogP contribution in [0.2, 0.25) is 0 Å². The maximum absolute atomic E-state index is 12.4. The Hall–Kier alpha value is -2.16. The van der Waals surface area contributed by atoms with E-state index in [1.165, 1.54) is 11.1 Å². The molecule has 3 rings (SSSR count). The number of amides is 1. The second kappa shape index (κ2) is 5.45. The van der Waals surface area contributed by atoms with Crippen molar-refractivity contribution < 1.29 is 4.79 Å². The number of aromatic nitrogens is 1. The Morgan fingerprint density at radius 2 is 2.05 bits per heavy atom. The normalized spacial score (nSPS) is 16.8. The van der Waals surface area contributed by atoms with Gasteiger partial charge in [-0.15, -0.1) is 0 Å². The summed E-state index contributed by atoms with van der Waals surface area (Å²) in [5.74, 6) is 0.130. The van der Waals surface area contributed by atoms with E-state index in [4.69, 9.17) is 0 Å². The molecule has 3 heteroatoms. The van der Waals surface area contributed by atoms with Crippen molar-refractivity contribution in [3.05, 3.63) is 65.5 Å². The third-order valence-electron chi connectivity index (χ3n) is 4.02. The maximum Gasteiger partial charge on any atom is 0.228 e. The fourth-order valence-electron chi connectivity index (χ4n) is 2.89. The molecular weight excluding hydrogens is 248 g/mol. The van der Waals surface area contributed by atoms with E-state index in [1.54, 1.807) is 6.20 Å². The number of carbonyl (C=O) groups excluding carboxylic acids is 1. The molecule has 0 radical (unpaired) electrons. The van der Waals surface area contributed by atoms with Crippen molar-refractivity contribution >= 4 is 5.91 Å². The fourth-order valence-corrected chi connectivity index (χ4v) is 2.89. The molecule has 20 heavy (non-hydrogen) atoms. The number of carbonyl (C=O) groups is 1. The van der Waals surface area contributed by atoms with Gasteiger partial charge in [0.25, 0.3) is 0 Å². The highest BCUT2D eigenvalue weighted by Crippen LogP contribution is 2.34. The minimum absolute atomic E-state index is 0.130. The Labute approximate surface area is 119 Å². The Balaban J connectivity index is 1.74. The average molecular weight is 266 g/mol. The Morgan fingerprint density at radius 3 is 2.85 bits per heavy atom. The zero-order valence-electron chi connectivity index (χ0n) is 11.6. The van der Waals surface area contributed by atoms with Crippen molar-refractivity contribution in [3.63, 3.8) is 0 Å². The molecule has 0 saturated carbocycles. The van der Waals surface area contributed by atoms with Gasteiger partial charge in [-0.2, -0.15) is 0 Å². The number of nitrogens with zero attached hydrogens (tertiary/aromatic N) is 2. The third-order valence-corrected chi connectivity index (χ3v) is 4.02. The highest BCUT2D eigenvalue weighted by Gasteiger charge is 2.28. The van der Waals surface area contributed by atoms with Crippen LogP contribution in [-0.2, 0) is 17.6 Å². The first-order chi connectivity index (χ1) is 9.75. The first-order valence-corrected chi connectivity index (χ1v) is 6.99. The molecule has 3 nitrogen and oxygen atoms in total. The molecule has 2 aromatic rings. The summed E-state index contributed by atoms with van der Waals surface area (Å²) in [5, 5.41) is 0. The molecule has 1 amide bonds. The van der Waals surface area contributed by atoms with E-state index in [9.17, 15) is 4.79 Å². The molecule has 1 aromatic heterocycles. The summed E-state index contributed by atoms with van der Waals surface area (Å²) < 4.78 is 0. The zero-order valence-corrected chi connectivity index (χ0v) is 11.6. The van der Waals surface area contributed by atoms with Crippen LogP contribution in [0.4, 0.5) is 0 Å². The molecule has 0 N–H and O–H groups in total. The molecule has 0 spiro atoms. The number of benzene rings is 1. The van der Waals surface area contributed by atoms with Gasteiger partial charge in [-0.25, -0.2) is 0 Å². The molecule has 0 saturated heterocycles. The van der Waals surface area contributed by atoms with Crippen LogP contribution in [0.25, 0.3) is 0 Å². The molecular formula is C17H18N2O. The monoisotopic (exact) mass is 266 g/mol. The molecule has 1 atom stereocenters. The van der Waals surface area contributed by atoms with Gasteiger partial charge in [0.2, 0.25) is 5.91 Å². The van der Waals surface area contributed by atoms with Crippen LogP contribution in [0.3, 0.4) is 0 Å². The van der Waals surface area contributed by atoms with Gasteiger partial charge < -0.3 is 4.90 Å². The highest BCUT2D eigenvalue weighted by molar-refractivity contribution is 5.78. The van der Waals surface area contributed by atoms with Crippen LogP contribution >= 0.6 is 0 Å². The Kier molecular flexibility index (Phi) is 3.50. The lowest BCUT2D eigenvalue weighted by molar-refractivity contribution is -0.131. The van der Waals surface area contributed by atoms with Crippen molar-refractivity contribution in [3.8, 4) is 0 Å². The topological polar surface area (TPSA) is 33.2 Å². The van der Waals surface area contributed by atoms with Crippen LogP contribution in [0.1, 0.15) is 29.3 Å². The predicted octanol–water partition coefficient (Wildman–Crippen LogP) is 2.77. The average Bonchev–Trinajstić information content (AvgIpc) is 2.91. The quantitative estimate of drug-likeness (QED) is 0.856. The maximum atomic E-state index is 12.4. The first-order valence-electron chi connectivity index (χ1n) is 6.99. The second-order valence-electron chi connectivity index (χ2n) is 5.26. The first kappa shape index (κ1) is 12.9. The van der Waals surface area contributed by atoms with E-state index in [-0.39, 0.29) is 11.9 Å². The zero-order chi connectivity index (χ0) is 13.9. The Morgan fingerprint density at radius 1 is 1.25 bits per heavy atom. The summed E-state index contributed by atoms with van der Waals surface area (Å²) in [5.41, 5.74) is 3.50. The summed E-state index contributed by atoms with van der Waals surface area (Å²) in [6.07, 6.45) is 4.18. The van der Waals surface area contributed by atoms with Gasteiger partial charge >= 0.3 is 0 Å². The molecule has 1 unspecified atom stereocenters. The van der Waals surface area contributed by atoms with Gasteiger partial charge in [0.1, 0.15) is 0 Å². The lowest BCUT2D eigenvalue weighted by Crippen LogP contribution is -2.31. The fraction of sp³-hybridized carbons (Fsp3) is 0.294. The molecule has 1 aliphatic rings. The number of hydrogen-bond acceptors (Lipinski definition) is 2. The van der Waals surface area contributed by atoms with E-state index < -0.39 is 0 Å². The molecule has 0 aliphatic heterocycles. The van der Waals surface area contributed by atoms with Crippen molar-refractivity contribution in [2.45, 2.75) is 25.3 Å². The number of aryl methyl sites for hydroxylation is 1. The number of likely N-dealkylation sites (N-methyl/N-ethyl adjacent to an activating group) is 1. The molecule has 1 heterocycles. The highest BCUT2D eigenvalue weighted by atomic mass is 16.2. The summed E-state index contributed by atoms with van der Waals surface area (Å²) in [6.45, 7) is 0. The van der Waals surface area contributed by atoms with Gasteiger partial charge in [-0.05, 0) is 36.1 Å². The van der Waals surface area contributed by atoms with Crippen LogP contribution in [0.5, 0.6) is 0 Å². The van der Waals surface area contributed by atoms with Crippen molar-refractivity contribution in [2.24, 2.45) is 0 Å². The van der Waals surface area contributed by atoms with E-state index in [1.807, 2.05) is 36.2 Å². The van der Waals surface area contributed by atoms with Gasteiger partial charge in [0.05, 0.1) is 12.5 Å². The Bertz CT molecular complexity index is 609. The predicted molar refractivity (Wildman–Crippen MR) is 78.2 cm³/mol. The van der Waals surface area contributed by atoms with E-state index in [0.717, 1.165) is 18.5 Å². The van der Waals surface area contributed by atoms with E-state index in [0.29, 0.717) is 6.42 Å². The van der Waals surface area contributed by atoms with Crippen LogP contribution in [-0.4, -0.2) is 22.8 Å². The van der Waals surface area contributed by atoms with Gasteiger partial charge in [0.15, 0.2) is 0 Å². The van der Waals surface area contributed by atoms with Crippen molar-refractivity contribution in [1.29, 1.82) is 0 Å². The number of rotatable bonds is 3. The smallest absolute Gasteiger partial charge is 0.228 e. The lowest BCUT2D eigenvalue weighted by atomic mass is 10.1. The second-order valence-corrected chi connectivity index (χ2v) is 5.26. The van der Waals surface area contributed by atoms with Gasteiger partial charge in [0, 0.05) is 18.9 Å². The molecule has 0 bridgehead atoms. The molecule has 102 valence electrons. The summed E-state index contributed by atoms with van der Waals surface area (Å²) in [7, 11) is 1.90. The largest absolute Gasteiger partial charge is 0.338 e. The van der Waals surface area contributed by atoms with Crippen molar-refractivity contribution in [2.75, 3.05) is 7.05 Å². The number of fused-ring (bicyclic) bond motifs is 1. The van der Waals surface area contributed by atoms with Crippen LogP contribution < -0.4 is 0 Å². The number of pyridine rings is 1. The van der Waals surface area contributed by atoms with Gasteiger partial charge in [-0.3, -0.25) is 9.78 Å². The summed E-state index contributed by atoms with van der Waals surface area (Å²) >= 11 is 0. The summed E-state index contributed by atoms with van der Waals surface area (Å²) in [4.78, 5) is 18.5. The minimum atomic E-state index is 0.130. The van der Waals surface area contributed by atoms with Crippen LogP contribution in [0, 0.1) is 0 Å². The third kappa shape index (κ3) is 2.44. The van der Waals surface area contributed by atoms with E-state index >= 15 is 0 Å².